The van der Waals surface area contributed by atoms with Crippen molar-refractivity contribution in [2.45, 2.75) is 6.42 Å². The van der Waals surface area contributed by atoms with E-state index in [2.05, 4.69) is 5.10 Å². The van der Waals surface area contributed by atoms with Gasteiger partial charge in [-0.25, -0.2) is 4.68 Å². The second-order valence-electron chi connectivity index (χ2n) is 3.28. The van der Waals surface area contributed by atoms with Crippen molar-refractivity contribution < 1.29 is 14.3 Å². The predicted octanol–water partition coefficient (Wildman–Crippen LogP) is 1.64. The maximum Gasteiger partial charge on any atom is 0.308 e. The zero-order valence-corrected chi connectivity index (χ0v) is 8.30. The smallest absolute Gasteiger partial charge is 0.308 e. The van der Waals surface area contributed by atoms with E-state index in [1.807, 2.05) is 6.07 Å². The van der Waals surface area contributed by atoms with Crippen molar-refractivity contribution in [3.8, 4) is 5.69 Å². The van der Waals surface area contributed by atoms with Crippen molar-refractivity contribution >= 4 is 5.97 Å². The minimum atomic E-state index is -1.08. The molecule has 1 N–H and O–H groups in total. The lowest BCUT2D eigenvalue weighted by Gasteiger charge is -2.01. The minimum Gasteiger partial charge on any atom is -0.481 e. The van der Waals surface area contributed by atoms with Gasteiger partial charge >= 0.3 is 5.97 Å². The molecule has 0 aliphatic carbocycles. The maximum atomic E-state index is 13.7. The van der Waals surface area contributed by atoms with E-state index in [1.54, 1.807) is 24.3 Å². The number of aliphatic carboxylic acids is 1. The standard InChI is InChI=1S/C11H9FN2O2/c12-11-8(6-10(15)16)7-13-14(11)9-4-2-1-3-5-9/h1-5,7H,6H2,(H,15,16). The summed E-state index contributed by atoms with van der Waals surface area (Å²) in [7, 11) is 0. The van der Waals surface area contributed by atoms with Crippen molar-refractivity contribution in [2.75, 3.05) is 0 Å². The van der Waals surface area contributed by atoms with Crippen LogP contribution in [0.25, 0.3) is 5.69 Å². The van der Waals surface area contributed by atoms with Crippen LogP contribution in [0.15, 0.2) is 36.5 Å². The fraction of sp³-hybridized carbons (Fsp3) is 0.0909. The number of carboxylic acid groups (broad SMARTS) is 1. The number of benzene rings is 1. The molecule has 1 aromatic heterocycles. The Morgan fingerprint density at radius 1 is 1.38 bits per heavy atom. The SMILES string of the molecule is O=C(O)Cc1cnn(-c2ccccc2)c1F. The molecule has 0 aliphatic rings. The summed E-state index contributed by atoms with van der Waals surface area (Å²) in [6.45, 7) is 0. The lowest BCUT2D eigenvalue weighted by Crippen LogP contribution is -2.04. The highest BCUT2D eigenvalue weighted by atomic mass is 19.1. The Balaban J connectivity index is 2.37. The molecule has 0 atom stereocenters. The van der Waals surface area contributed by atoms with Gasteiger partial charge in [-0.1, -0.05) is 18.2 Å². The van der Waals surface area contributed by atoms with Gasteiger partial charge in [-0.05, 0) is 12.1 Å². The van der Waals surface area contributed by atoms with E-state index in [-0.39, 0.29) is 12.0 Å². The summed E-state index contributed by atoms with van der Waals surface area (Å²) in [4.78, 5) is 10.5. The summed E-state index contributed by atoms with van der Waals surface area (Å²) < 4.78 is 14.8. The van der Waals surface area contributed by atoms with E-state index in [1.165, 1.54) is 6.20 Å². The molecule has 0 saturated heterocycles. The molecule has 0 unspecified atom stereocenters. The average Bonchev–Trinajstić information content (AvgIpc) is 2.61. The number of hydrogen-bond donors (Lipinski definition) is 1. The number of carbonyl (C=O) groups is 1. The third-order valence-corrected chi connectivity index (χ3v) is 2.12. The Morgan fingerprint density at radius 3 is 2.69 bits per heavy atom. The summed E-state index contributed by atoms with van der Waals surface area (Å²) in [5, 5.41) is 12.4. The third-order valence-electron chi connectivity index (χ3n) is 2.12. The van der Waals surface area contributed by atoms with E-state index >= 15 is 0 Å². The molecule has 1 aromatic carbocycles. The molecular weight excluding hydrogens is 211 g/mol. The minimum absolute atomic E-state index is 0.0800. The molecular formula is C11H9FN2O2. The van der Waals surface area contributed by atoms with Gasteiger partial charge in [0.05, 0.1) is 18.3 Å². The number of para-hydroxylation sites is 1. The molecule has 2 aromatic rings. The quantitative estimate of drug-likeness (QED) is 0.855. The van der Waals surface area contributed by atoms with Gasteiger partial charge in [-0.2, -0.15) is 9.49 Å². The van der Waals surface area contributed by atoms with E-state index in [9.17, 15) is 9.18 Å². The fourth-order valence-corrected chi connectivity index (χ4v) is 1.40. The number of nitrogens with zero attached hydrogens (tertiary/aromatic N) is 2. The van der Waals surface area contributed by atoms with Crippen LogP contribution in [-0.4, -0.2) is 20.9 Å². The molecule has 4 nitrogen and oxygen atoms in total. The molecule has 0 fully saturated rings. The highest BCUT2D eigenvalue weighted by molar-refractivity contribution is 5.70. The molecule has 0 amide bonds. The van der Waals surface area contributed by atoms with Gasteiger partial charge in [0.1, 0.15) is 0 Å². The molecule has 2 rings (SSSR count). The topological polar surface area (TPSA) is 55.1 Å². The lowest BCUT2D eigenvalue weighted by atomic mass is 10.2. The Kier molecular flexibility index (Phi) is 2.68. The first-order valence-corrected chi connectivity index (χ1v) is 4.68. The second kappa shape index (κ2) is 4.14. The van der Waals surface area contributed by atoms with E-state index in [0.29, 0.717) is 5.69 Å². The first-order valence-electron chi connectivity index (χ1n) is 4.68. The highest BCUT2D eigenvalue weighted by Crippen LogP contribution is 2.13. The van der Waals surface area contributed by atoms with Gasteiger partial charge in [-0.15, -0.1) is 0 Å². The van der Waals surface area contributed by atoms with Crippen molar-refractivity contribution in [3.63, 3.8) is 0 Å². The Bertz CT molecular complexity index is 508. The van der Waals surface area contributed by atoms with Gasteiger partial charge in [0.15, 0.2) is 0 Å². The Labute approximate surface area is 90.9 Å². The Morgan fingerprint density at radius 2 is 2.06 bits per heavy atom. The maximum absolute atomic E-state index is 13.7. The highest BCUT2D eigenvalue weighted by Gasteiger charge is 2.13. The molecule has 1 heterocycles. The average molecular weight is 220 g/mol. The lowest BCUT2D eigenvalue weighted by molar-refractivity contribution is -0.136. The van der Waals surface area contributed by atoms with E-state index < -0.39 is 11.9 Å². The summed E-state index contributed by atoms with van der Waals surface area (Å²) in [6, 6.07) is 8.71. The number of halogens is 1. The monoisotopic (exact) mass is 220 g/mol. The molecule has 5 heteroatoms. The van der Waals surface area contributed by atoms with Crippen molar-refractivity contribution in [3.05, 3.63) is 48.0 Å². The predicted molar refractivity (Wildman–Crippen MR) is 54.9 cm³/mol. The van der Waals surface area contributed by atoms with Gasteiger partial charge in [-0.3, -0.25) is 4.79 Å². The molecule has 0 bridgehead atoms. The molecule has 0 spiro atoms. The van der Waals surface area contributed by atoms with Crippen LogP contribution in [0, 0.1) is 5.95 Å². The fourth-order valence-electron chi connectivity index (χ4n) is 1.40. The normalized spacial score (nSPS) is 10.3. The molecule has 16 heavy (non-hydrogen) atoms. The summed E-state index contributed by atoms with van der Waals surface area (Å²) >= 11 is 0. The van der Waals surface area contributed by atoms with Gasteiger partial charge < -0.3 is 5.11 Å². The second-order valence-corrected chi connectivity index (χ2v) is 3.28. The largest absolute Gasteiger partial charge is 0.481 e. The van der Waals surface area contributed by atoms with Crippen molar-refractivity contribution in [1.82, 2.24) is 9.78 Å². The number of rotatable bonds is 3. The van der Waals surface area contributed by atoms with Crippen LogP contribution in [0.2, 0.25) is 0 Å². The van der Waals surface area contributed by atoms with Gasteiger partial charge in [0, 0.05) is 5.56 Å². The van der Waals surface area contributed by atoms with Gasteiger partial charge in [0.2, 0.25) is 5.95 Å². The number of hydrogen-bond acceptors (Lipinski definition) is 2. The van der Waals surface area contributed by atoms with Crippen LogP contribution < -0.4 is 0 Å². The van der Waals surface area contributed by atoms with E-state index in [4.69, 9.17) is 5.11 Å². The molecule has 0 aliphatic heterocycles. The van der Waals surface area contributed by atoms with Crippen LogP contribution in [-0.2, 0) is 11.2 Å². The Hall–Kier alpha value is -2.17. The first kappa shape index (κ1) is 10.4. The van der Waals surface area contributed by atoms with Crippen LogP contribution in [0.4, 0.5) is 4.39 Å². The van der Waals surface area contributed by atoms with Crippen LogP contribution in [0.3, 0.4) is 0 Å². The number of carboxylic acids is 1. The summed E-state index contributed by atoms with van der Waals surface area (Å²) in [5.41, 5.74) is 0.646. The zero-order chi connectivity index (χ0) is 11.5. The van der Waals surface area contributed by atoms with Crippen LogP contribution in [0.5, 0.6) is 0 Å². The molecule has 0 saturated carbocycles. The molecule has 82 valence electrons. The molecule has 0 radical (unpaired) electrons. The summed E-state index contributed by atoms with van der Waals surface area (Å²) in [6.07, 6.45) is 0.870. The van der Waals surface area contributed by atoms with Crippen LogP contribution in [0.1, 0.15) is 5.56 Å². The van der Waals surface area contributed by atoms with E-state index in [0.717, 1.165) is 4.68 Å². The van der Waals surface area contributed by atoms with Crippen LogP contribution >= 0.6 is 0 Å². The van der Waals surface area contributed by atoms with Crippen molar-refractivity contribution in [1.29, 1.82) is 0 Å². The number of aromatic nitrogens is 2. The third kappa shape index (κ3) is 1.93. The zero-order valence-electron chi connectivity index (χ0n) is 8.30. The van der Waals surface area contributed by atoms with Gasteiger partial charge in [0.25, 0.3) is 0 Å². The summed E-state index contributed by atoms with van der Waals surface area (Å²) in [5.74, 6) is -1.71. The first-order chi connectivity index (χ1) is 7.68. The van der Waals surface area contributed by atoms with Crippen molar-refractivity contribution in [2.24, 2.45) is 0 Å².